The molecule has 20 heavy (non-hydrogen) atoms. The van der Waals surface area contributed by atoms with Crippen molar-refractivity contribution in [3.8, 4) is 0 Å². The van der Waals surface area contributed by atoms with Gasteiger partial charge in [-0.15, -0.1) is 0 Å². The van der Waals surface area contributed by atoms with E-state index >= 15 is 0 Å². The minimum Gasteiger partial charge on any atom is -0.465 e. The molecule has 0 aromatic heterocycles. The summed E-state index contributed by atoms with van der Waals surface area (Å²) in [4.78, 5) is 25.1. The van der Waals surface area contributed by atoms with Crippen LogP contribution in [0.5, 0.6) is 0 Å². The number of amides is 1. The molecular formula is C15H29NO4. The predicted octanol–water partition coefficient (Wildman–Crippen LogP) is 2.24. The van der Waals surface area contributed by atoms with Gasteiger partial charge in [0.2, 0.25) is 5.91 Å². The number of hydrogen-bond donors (Lipinski definition) is 0. The van der Waals surface area contributed by atoms with Crippen LogP contribution in [0.15, 0.2) is 0 Å². The van der Waals surface area contributed by atoms with Gasteiger partial charge in [0.15, 0.2) is 0 Å². The Morgan fingerprint density at radius 3 is 2.60 bits per heavy atom. The van der Waals surface area contributed by atoms with E-state index in [1.165, 1.54) is 0 Å². The van der Waals surface area contributed by atoms with Gasteiger partial charge >= 0.3 is 5.97 Å². The van der Waals surface area contributed by atoms with Crippen molar-refractivity contribution in [3.05, 3.63) is 0 Å². The molecule has 0 spiro atoms. The lowest BCUT2D eigenvalue weighted by Gasteiger charge is -2.15. The molecule has 1 aliphatic rings. The highest BCUT2D eigenvalue weighted by molar-refractivity contribution is 5.86. The summed E-state index contributed by atoms with van der Waals surface area (Å²) in [5.41, 5.74) is 0. The molecule has 5 heteroatoms. The topological polar surface area (TPSA) is 55.8 Å². The third kappa shape index (κ3) is 6.89. The zero-order valence-electron chi connectivity index (χ0n) is 13.3. The van der Waals surface area contributed by atoms with Crippen LogP contribution in [0.1, 0.15) is 46.5 Å². The number of hydrogen-bond acceptors (Lipinski definition) is 4. The summed E-state index contributed by atoms with van der Waals surface area (Å²) in [5, 5.41) is 0. The highest BCUT2D eigenvalue weighted by Crippen LogP contribution is 2.19. The minimum absolute atomic E-state index is 0.0449. The summed E-state index contributed by atoms with van der Waals surface area (Å²) < 4.78 is 10.1. The van der Waals surface area contributed by atoms with Crippen molar-refractivity contribution in [3.63, 3.8) is 0 Å². The van der Waals surface area contributed by atoms with Gasteiger partial charge in [-0.25, -0.2) is 0 Å². The van der Waals surface area contributed by atoms with E-state index in [9.17, 15) is 9.59 Å². The standard InChI is InChI=1S/C13H23NO4.C2H6/c1-3-4-8-18-13(16)11-9-12(15)14(10-11)6-5-7-17-2;1-2/h11H,3-10H2,1-2H3;1-2H3. The van der Waals surface area contributed by atoms with Crippen molar-refractivity contribution in [2.75, 3.05) is 33.4 Å². The molecule has 0 aromatic rings. The summed E-state index contributed by atoms with van der Waals surface area (Å²) in [7, 11) is 1.64. The molecule has 5 nitrogen and oxygen atoms in total. The second kappa shape index (κ2) is 11.7. The average molecular weight is 287 g/mol. The largest absolute Gasteiger partial charge is 0.465 e. The monoisotopic (exact) mass is 287 g/mol. The maximum atomic E-state index is 11.7. The summed E-state index contributed by atoms with van der Waals surface area (Å²) in [6.07, 6.45) is 2.97. The number of carbonyl (C=O) groups excluding carboxylic acids is 2. The highest BCUT2D eigenvalue weighted by atomic mass is 16.5. The maximum Gasteiger partial charge on any atom is 0.311 e. The molecule has 1 aliphatic heterocycles. The fraction of sp³-hybridized carbons (Fsp3) is 0.867. The van der Waals surface area contributed by atoms with Gasteiger partial charge in [0.1, 0.15) is 0 Å². The molecule has 0 aromatic carbocycles. The van der Waals surface area contributed by atoms with Gasteiger partial charge in [-0.3, -0.25) is 9.59 Å². The van der Waals surface area contributed by atoms with E-state index in [0.717, 1.165) is 19.3 Å². The number of carbonyl (C=O) groups is 2. The van der Waals surface area contributed by atoms with E-state index in [0.29, 0.717) is 26.3 Å². The molecule has 1 amide bonds. The van der Waals surface area contributed by atoms with Crippen molar-refractivity contribution in [1.82, 2.24) is 4.90 Å². The van der Waals surface area contributed by atoms with Gasteiger partial charge in [0.25, 0.3) is 0 Å². The van der Waals surface area contributed by atoms with Crippen LogP contribution in [0.4, 0.5) is 0 Å². The van der Waals surface area contributed by atoms with Crippen LogP contribution in [0.2, 0.25) is 0 Å². The summed E-state index contributed by atoms with van der Waals surface area (Å²) in [6.45, 7) is 8.29. The van der Waals surface area contributed by atoms with E-state index in [-0.39, 0.29) is 24.2 Å². The lowest BCUT2D eigenvalue weighted by atomic mass is 10.1. The van der Waals surface area contributed by atoms with Gasteiger partial charge in [-0.1, -0.05) is 27.2 Å². The predicted molar refractivity (Wildman–Crippen MR) is 78.4 cm³/mol. The van der Waals surface area contributed by atoms with Crippen LogP contribution in [-0.2, 0) is 19.1 Å². The van der Waals surface area contributed by atoms with Crippen LogP contribution >= 0.6 is 0 Å². The van der Waals surface area contributed by atoms with Crippen molar-refractivity contribution in [1.29, 1.82) is 0 Å². The van der Waals surface area contributed by atoms with Crippen LogP contribution in [0.3, 0.4) is 0 Å². The number of nitrogens with zero attached hydrogens (tertiary/aromatic N) is 1. The Hall–Kier alpha value is -1.10. The first-order valence-electron chi connectivity index (χ1n) is 7.62. The zero-order chi connectivity index (χ0) is 15.4. The third-order valence-corrected chi connectivity index (χ3v) is 3.07. The second-order valence-corrected chi connectivity index (χ2v) is 4.61. The second-order valence-electron chi connectivity index (χ2n) is 4.61. The van der Waals surface area contributed by atoms with E-state index in [1.807, 2.05) is 20.8 Å². The van der Waals surface area contributed by atoms with Crippen LogP contribution in [-0.4, -0.2) is 50.2 Å². The molecule has 1 heterocycles. The van der Waals surface area contributed by atoms with Crippen molar-refractivity contribution < 1.29 is 19.1 Å². The van der Waals surface area contributed by atoms with Crippen LogP contribution in [0, 0.1) is 5.92 Å². The number of ether oxygens (including phenoxy) is 2. The summed E-state index contributed by atoms with van der Waals surface area (Å²) in [5.74, 6) is -0.466. The van der Waals surface area contributed by atoms with Crippen LogP contribution < -0.4 is 0 Å². The van der Waals surface area contributed by atoms with Crippen molar-refractivity contribution >= 4 is 11.9 Å². The lowest BCUT2D eigenvalue weighted by molar-refractivity contribution is -0.148. The van der Waals surface area contributed by atoms with Gasteiger partial charge in [-0.05, 0) is 12.8 Å². The molecule has 0 aliphatic carbocycles. The molecule has 0 saturated carbocycles. The van der Waals surface area contributed by atoms with E-state index in [1.54, 1.807) is 12.0 Å². The van der Waals surface area contributed by atoms with Crippen molar-refractivity contribution in [2.24, 2.45) is 5.92 Å². The molecule has 0 bridgehead atoms. The SMILES string of the molecule is CC.CCCCOC(=O)C1CC(=O)N(CCCOC)C1. The Kier molecular flexibility index (Phi) is 11.1. The first kappa shape index (κ1) is 18.9. The Balaban J connectivity index is 0.00000172. The molecular weight excluding hydrogens is 258 g/mol. The molecule has 1 fully saturated rings. The first-order valence-corrected chi connectivity index (χ1v) is 7.62. The van der Waals surface area contributed by atoms with Gasteiger partial charge in [-0.2, -0.15) is 0 Å². The number of unbranched alkanes of at least 4 members (excludes halogenated alkanes) is 1. The smallest absolute Gasteiger partial charge is 0.311 e. The Bertz CT molecular complexity index is 281. The molecule has 1 saturated heterocycles. The molecule has 0 radical (unpaired) electrons. The van der Waals surface area contributed by atoms with E-state index < -0.39 is 0 Å². The molecule has 1 rings (SSSR count). The fourth-order valence-corrected chi connectivity index (χ4v) is 1.98. The van der Waals surface area contributed by atoms with E-state index in [2.05, 4.69) is 0 Å². The highest BCUT2D eigenvalue weighted by Gasteiger charge is 2.34. The van der Waals surface area contributed by atoms with Gasteiger partial charge in [0, 0.05) is 33.2 Å². The zero-order valence-corrected chi connectivity index (χ0v) is 13.3. The summed E-state index contributed by atoms with van der Waals surface area (Å²) >= 11 is 0. The Morgan fingerprint density at radius 2 is 2.00 bits per heavy atom. The lowest BCUT2D eigenvalue weighted by Crippen LogP contribution is -2.28. The van der Waals surface area contributed by atoms with E-state index in [4.69, 9.17) is 9.47 Å². The molecule has 1 atom stereocenters. The van der Waals surface area contributed by atoms with Crippen LogP contribution in [0.25, 0.3) is 0 Å². The molecule has 0 N–H and O–H groups in total. The maximum absolute atomic E-state index is 11.7. The number of esters is 1. The minimum atomic E-state index is -0.281. The normalized spacial score (nSPS) is 17.7. The quantitative estimate of drug-likeness (QED) is 0.507. The van der Waals surface area contributed by atoms with Crippen molar-refractivity contribution in [2.45, 2.75) is 46.5 Å². The molecule has 1 unspecified atom stereocenters. The van der Waals surface area contributed by atoms with Gasteiger partial charge in [0.05, 0.1) is 12.5 Å². The number of rotatable bonds is 8. The fourth-order valence-electron chi connectivity index (χ4n) is 1.98. The molecule has 118 valence electrons. The Labute approximate surface area is 122 Å². The number of methoxy groups -OCH3 is 1. The summed E-state index contributed by atoms with van der Waals surface area (Å²) in [6, 6.07) is 0. The first-order chi connectivity index (χ1) is 9.69. The third-order valence-electron chi connectivity index (χ3n) is 3.07. The van der Waals surface area contributed by atoms with Gasteiger partial charge < -0.3 is 14.4 Å². The number of likely N-dealkylation sites (tertiary alicyclic amines) is 1. The Morgan fingerprint density at radius 1 is 1.30 bits per heavy atom. The average Bonchev–Trinajstić information content (AvgIpc) is 2.83.